The maximum atomic E-state index is 11.8. The summed E-state index contributed by atoms with van der Waals surface area (Å²) in [5, 5.41) is 6.46. The molecular weight excluding hydrogens is 290 g/mol. The first-order valence-corrected chi connectivity index (χ1v) is 7.43. The molecule has 21 heavy (non-hydrogen) atoms. The van der Waals surface area contributed by atoms with E-state index in [-0.39, 0.29) is 11.7 Å². The lowest BCUT2D eigenvalue weighted by Gasteiger charge is -2.09. The molecule has 1 heterocycles. The number of hydrogen-bond acceptors (Lipinski definition) is 5. The second-order valence-corrected chi connectivity index (χ2v) is 5.79. The average Bonchev–Trinajstić information content (AvgIpc) is 2.85. The van der Waals surface area contributed by atoms with Gasteiger partial charge in [-0.15, -0.1) is 5.10 Å². The van der Waals surface area contributed by atoms with Gasteiger partial charge in [0.15, 0.2) is 5.16 Å². The zero-order valence-corrected chi connectivity index (χ0v) is 12.7. The van der Waals surface area contributed by atoms with Crippen LogP contribution in [0.2, 0.25) is 0 Å². The number of thioether (sulfide) groups is 1. The van der Waals surface area contributed by atoms with Gasteiger partial charge in [-0.2, -0.15) is 0 Å². The first kappa shape index (κ1) is 15.4. The van der Waals surface area contributed by atoms with Crippen molar-refractivity contribution in [2.75, 3.05) is 7.11 Å². The predicted octanol–water partition coefficient (Wildman–Crippen LogP) is 1.47. The van der Waals surface area contributed by atoms with Crippen molar-refractivity contribution >= 4 is 17.7 Å². The van der Waals surface area contributed by atoms with E-state index in [1.54, 1.807) is 6.92 Å². The molecule has 0 amide bonds. The number of carbonyl (C=O) groups excluding carboxylic acids is 1. The third kappa shape index (κ3) is 3.98. The molecule has 0 fully saturated rings. The van der Waals surface area contributed by atoms with Gasteiger partial charge in [0.05, 0.1) is 7.11 Å². The smallest absolute Gasteiger partial charge is 0.343 e. The molecule has 6 nitrogen and oxygen atoms in total. The van der Waals surface area contributed by atoms with E-state index in [4.69, 9.17) is 0 Å². The van der Waals surface area contributed by atoms with E-state index < -0.39 is 5.25 Å². The Morgan fingerprint density at radius 1 is 1.43 bits per heavy atom. The maximum Gasteiger partial charge on any atom is 0.343 e. The fraction of sp³-hybridized carbons (Fsp3) is 0.357. The minimum absolute atomic E-state index is 0.273. The molecule has 0 aliphatic carbocycles. The molecular formula is C14H17N3O3S. The number of H-pyrrole nitrogens is 1. The summed E-state index contributed by atoms with van der Waals surface area (Å²) in [6.45, 7) is 2.23. The van der Waals surface area contributed by atoms with Gasteiger partial charge in [-0.1, -0.05) is 42.1 Å². The summed E-state index contributed by atoms with van der Waals surface area (Å²) in [6.07, 6.45) is 0.723. The Bertz CT molecular complexity index is 651. The SMILES string of the molecule is COC(=O)C(C)Sc1n[nH]c(=O)n1CCc1ccccc1. The molecule has 0 aliphatic heterocycles. The van der Waals surface area contributed by atoms with Crippen molar-refractivity contribution in [3.05, 3.63) is 46.4 Å². The van der Waals surface area contributed by atoms with Crippen molar-refractivity contribution in [3.8, 4) is 0 Å². The van der Waals surface area contributed by atoms with Crippen LogP contribution < -0.4 is 5.69 Å². The first-order valence-electron chi connectivity index (χ1n) is 6.55. The van der Waals surface area contributed by atoms with E-state index in [0.717, 1.165) is 12.0 Å². The molecule has 1 aromatic carbocycles. The number of nitrogens with zero attached hydrogens (tertiary/aromatic N) is 2. The quantitative estimate of drug-likeness (QED) is 0.646. The number of benzene rings is 1. The summed E-state index contributed by atoms with van der Waals surface area (Å²) >= 11 is 1.20. The fourth-order valence-electron chi connectivity index (χ4n) is 1.85. The van der Waals surface area contributed by atoms with Crippen LogP contribution in [0.4, 0.5) is 0 Å². The highest BCUT2D eigenvalue weighted by atomic mass is 32.2. The molecule has 1 unspecified atom stereocenters. The van der Waals surface area contributed by atoms with Gasteiger partial charge in [-0.25, -0.2) is 9.89 Å². The van der Waals surface area contributed by atoms with Crippen LogP contribution in [0.15, 0.2) is 40.3 Å². The normalized spacial score (nSPS) is 12.1. The van der Waals surface area contributed by atoms with Crippen LogP contribution in [-0.2, 0) is 22.5 Å². The zero-order valence-electron chi connectivity index (χ0n) is 11.9. The maximum absolute atomic E-state index is 11.8. The number of nitrogens with one attached hydrogen (secondary N) is 1. The number of methoxy groups -OCH3 is 1. The van der Waals surface area contributed by atoms with Gasteiger partial charge in [0.2, 0.25) is 0 Å². The Balaban J connectivity index is 2.08. The molecule has 0 bridgehead atoms. The van der Waals surface area contributed by atoms with Gasteiger partial charge >= 0.3 is 11.7 Å². The number of aryl methyl sites for hydroxylation is 1. The molecule has 7 heteroatoms. The number of rotatable bonds is 6. The Labute approximate surface area is 126 Å². The van der Waals surface area contributed by atoms with E-state index >= 15 is 0 Å². The monoisotopic (exact) mass is 307 g/mol. The van der Waals surface area contributed by atoms with Crippen molar-refractivity contribution in [2.45, 2.75) is 30.3 Å². The van der Waals surface area contributed by atoms with Crippen LogP contribution >= 0.6 is 11.8 Å². The summed E-state index contributed by atoms with van der Waals surface area (Å²) in [4.78, 5) is 23.2. The van der Waals surface area contributed by atoms with E-state index in [2.05, 4.69) is 14.9 Å². The van der Waals surface area contributed by atoms with Crippen LogP contribution in [0.1, 0.15) is 12.5 Å². The highest BCUT2D eigenvalue weighted by Crippen LogP contribution is 2.20. The van der Waals surface area contributed by atoms with Crippen molar-refractivity contribution in [1.29, 1.82) is 0 Å². The van der Waals surface area contributed by atoms with Gasteiger partial charge in [0.25, 0.3) is 0 Å². The molecule has 0 radical (unpaired) electrons. The average molecular weight is 307 g/mol. The van der Waals surface area contributed by atoms with Gasteiger partial charge in [-0.3, -0.25) is 9.36 Å². The molecule has 0 aliphatic rings. The van der Waals surface area contributed by atoms with Crippen LogP contribution in [0.5, 0.6) is 0 Å². The summed E-state index contributed by atoms with van der Waals surface area (Å²) in [7, 11) is 1.34. The lowest BCUT2D eigenvalue weighted by atomic mass is 10.1. The van der Waals surface area contributed by atoms with Crippen LogP contribution in [0, 0.1) is 0 Å². The van der Waals surface area contributed by atoms with Crippen LogP contribution in [0.3, 0.4) is 0 Å². The Kier molecular flexibility index (Phi) is 5.21. The Morgan fingerprint density at radius 2 is 2.14 bits per heavy atom. The third-order valence-electron chi connectivity index (χ3n) is 3.01. The number of carbonyl (C=O) groups is 1. The lowest BCUT2D eigenvalue weighted by Crippen LogP contribution is -2.21. The van der Waals surface area contributed by atoms with Crippen LogP contribution in [-0.4, -0.2) is 33.1 Å². The van der Waals surface area contributed by atoms with Gasteiger partial charge < -0.3 is 4.74 Å². The minimum Gasteiger partial charge on any atom is -0.468 e. The van der Waals surface area contributed by atoms with E-state index in [0.29, 0.717) is 11.7 Å². The second kappa shape index (κ2) is 7.12. The second-order valence-electron chi connectivity index (χ2n) is 4.48. The Morgan fingerprint density at radius 3 is 2.81 bits per heavy atom. The number of hydrogen-bond donors (Lipinski definition) is 1. The van der Waals surface area contributed by atoms with E-state index in [1.807, 2.05) is 30.3 Å². The molecule has 1 N–H and O–H groups in total. The molecule has 112 valence electrons. The van der Waals surface area contributed by atoms with Gasteiger partial charge in [0, 0.05) is 6.54 Å². The molecule has 2 rings (SSSR count). The summed E-state index contributed by atoms with van der Waals surface area (Å²) in [6, 6.07) is 9.89. The topological polar surface area (TPSA) is 77.0 Å². The summed E-state index contributed by atoms with van der Waals surface area (Å²) in [5.41, 5.74) is 0.869. The lowest BCUT2D eigenvalue weighted by molar-refractivity contribution is -0.139. The van der Waals surface area contributed by atoms with Crippen molar-refractivity contribution in [1.82, 2.24) is 14.8 Å². The minimum atomic E-state index is -0.416. The molecule has 0 saturated heterocycles. The van der Waals surface area contributed by atoms with Crippen molar-refractivity contribution < 1.29 is 9.53 Å². The van der Waals surface area contributed by atoms with E-state index in [1.165, 1.54) is 23.4 Å². The third-order valence-corrected chi connectivity index (χ3v) is 4.07. The van der Waals surface area contributed by atoms with Gasteiger partial charge in [-0.05, 0) is 18.9 Å². The molecule has 1 aromatic heterocycles. The molecule has 1 atom stereocenters. The standard InChI is InChI=1S/C14H17N3O3S/c1-10(12(18)20-2)21-14-16-15-13(19)17(14)9-8-11-6-4-3-5-7-11/h3-7,10H,8-9H2,1-2H3,(H,15,19). The van der Waals surface area contributed by atoms with E-state index in [9.17, 15) is 9.59 Å². The molecule has 0 saturated carbocycles. The highest BCUT2D eigenvalue weighted by molar-refractivity contribution is 8.00. The highest BCUT2D eigenvalue weighted by Gasteiger charge is 2.19. The summed E-state index contributed by atoms with van der Waals surface area (Å²) in [5.74, 6) is -0.343. The fourth-order valence-corrected chi connectivity index (χ4v) is 2.76. The van der Waals surface area contributed by atoms with Crippen molar-refractivity contribution in [3.63, 3.8) is 0 Å². The Hall–Kier alpha value is -2.02. The largest absolute Gasteiger partial charge is 0.468 e. The van der Waals surface area contributed by atoms with Crippen molar-refractivity contribution in [2.24, 2.45) is 0 Å². The molecule has 2 aromatic rings. The zero-order chi connectivity index (χ0) is 15.2. The van der Waals surface area contributed by atoms with Crippen LogP contribution in [0.25, 0.3) is 0 Å². The number of esters is 1. The first-order chi connectivity index (χ1) is 10.1. The number of aromatic amines is 1. The molecule has 0 spiro atoms. The van der Waals surface area contributed by atoms with Gasteiger partial charge in [0.1, 0.15) is 5.25 Å². The summed E-state index contributed by atoms with van der Waals surface area (Å²) < 4.78 is 6.21. The number of ether oxygens (including phenoxy) is 1. The predicted molar refractivity (Wildman–Crippen MR) is 80.3 cm³/mol. The number of aromatic nitrogens is 3.